The minimum Gasteiger partial charge on any atom is -0.464 e. The maximum Gasteiger partial charge on any atom is 0.140 e. The minimum absolute atomic E-state index is 0.0966. The fraction of sp³-hybridized carbons (Fsp3) is 0.333. The van der Waals surface area contributed by atoms with E-state index in [1.165, 1.54) is 18.4 Å². The van der Waals surface area contributed by atoms with Crippen molar-refractivity contribution in [2.75, 3.05) is 6.54 Å². The third-order valence-electron chi connectivity index (χ3n) is 2.78. The van der Waals surface area contributed by atoms with Crippen LogP contribution in [0.1, 0.15) is 24.8 Å². The van der Waals surface area contributed by atoms with Gasteiger partial charge in [-0.2, -0.15) is 0 Å². The van der Waals surface area contributed by atoms with E-state index in [9.17, 15) is 8.78 Å². The lowest BCUT2D eigenvalue weighted by molar-refractivity contribution is 0.525. The first-order valence-electron chi connectivity index (χ1n) is 5.20. The van der Waals surface area contributed by atoms with Gasteiger partial charge in [0, 0.05) is 11.6 Å². The molecule has 1 unspecified atom stereocenters. The third kappa shape index (κ3) is 1.69. The van der Waals surface area contributed by atoms with Gasteiger partial charge < -0.3 is 10.2 Å². The summed E-state index contributed by atoms with van der Waals surface area (Å²) in [5.74, 6) is -1.34. The number of furan rings is 1. The highest BCUT2D eigenvalue weighted by atomic mass is 19.1. The Morgan fingerprint density at radius 1 is 1.44 bits per heavy atom. The lowest BCUT2D eigenvalue weighted by Gasteiger charge is -2.12. The molecule has 0 saturated carbocycles. The van der Waals surface area contributed by atoms with Crippen molar-refractivity contribution in [2.24, 2.45) is 5.73 Å². The SMILES string of the molecule is CC(CCN)c1c(F)cc2occc2c1F. The van der Waals surface area contributed by atoms with Crippen LogP contribution in [0.15, 0.2) is 22.8 Å². The van der Waals surface area contributed by atoms with Crippen molar-refractivity contribution in [3.8, 4) is 0 Å². The Morgan fingerprint density at radius 3 is 2.88 bits per heavy atom. The summed E-state index contributed by atoms with van der Waals surface area (Å²) in [6, 6.07) is 2.73. The molecule has 0 aliphatic carbocycles. The van der Waals surface area contributed by atoms with Gasteiger partial charge in [0.25, 0.3) is 0 Å². The first-order chi connectivity index (χ1) is 7.65. The molecule has 0 saturated heterocycles. The minimum atomic E-state index is -0.569. The zero-order valence-electron chi connectivity index (χ0n) is 8.97. The Morgan fingerprint density at radius 2 is 2.19 bits per heavy atom. The number of rotatable bonds is 3. The number of benzene rings is 1. The lowest BCUT2D eigenvalue weighted by Crippen LogP contribution is -2.08. The van der Waals surface area contributed by atoms with Crippen molar-refractivity contribution >= 4 is 11.0 Å². The second kappa shape index (κ2) is 4.22. The van der Waals surface area contributed by atoms with Gasteiger partial charge in [-0.3, -0.25) is 0 Å². The summed E-state index contributed by atoms with van der Waals surface area (Å²) in [6.45, 7) is 2.17. The Hall–Kier alpha value is -1.42. The van der Waals surface area contributed by atoms with Crippen LogP contribution in [0.3, 0.4) is 0 Å². The van der Waals surface area contributed by atoms with Crippen LogP contribution in [0.5, 0.6) is 0 Å². The molecule has 0 aliphatic heterocycles. The second-order valence-corrected chi connectivity index (χ2v) is 3.90. The van der Waals surface area contributed by atoms with Gasteiger partial charge in [-0.25, -0.2) is 8.78 Å². The van der Waals surface area contributed by atoms with Crippen molar-refractivity contribution in [1.82, 2.24) is 0 Å². The highest BCUT2D eigenvalue weighted by molar-refractivity contribution is 5.79. The Labute approximate surface area is 92.0 Å². The summed E-state index contributed by atoms with van der Waals surface area (Å²) in [5, 5.41) is 0.320. The van der Waals surface area contributed by atoms with E-state index in [1.54, 1.807) is 6.92 Å². The maximum absolute atomic E-state index is 14.0. The van der Waals surface area contributed by atoms with Crippen molar-refractivity contribution in [3.05, 3.63) is 35.6 Å². The highest BCUT2D eigenvalue weighted by Crippen LogP contribution is 2.31. The third-order valence-corrected chi connectivity index (χ3v) is 2.78. The van der Waals surface area contributed by atoms with Crippen molar-refractivity contribution in [1.29, 1.82) is 0 Å². The summed E-state index contributed by atoms with van der Waals surface area (Å²) < 4.78 is 32.7. The molecule has 0 radical (unpaired) electrons. The molecule has 86 valence electrons. The van der Waals surface area contributed by atoms with E-state index in [2.05, 4.69) is 0 Å². The molecule has 1 aromatic heterocycles. The molecule has 2 aromatic rings. The van der Waals surface area contributed by atoms with Crippen LogP contribution in [0.4, 0.5) is 8.78 Å². The molecule has 2 nitrogen and oxygen atoms in total. The normalized spacial score (nSPS) is 13.2. The summed E-state index contributed by atoms with van der Waals surface area (Å²) in [7, 11) is 0. The lowest BCUT2D eigenvalue weighted by atomic mass is 9.95. The van der Waals surface area contributed by atoms with E-state index in [4.69, 9.17) is 10.2 Å². The zero-order chi connectivity index (χ0) is 11.7. The molecule has 1 heterocycles. The molecular formula is C12H13F2NO. The molecule has 16 heavy (non-hydrogen) atoms. The van der Waals surface area contributed by atoms with Crippen molar-refractivity contribution in [3.63, 3.8) is 0 Å². The summed E-state index contributed by atoms with van der Waals surface area (Å²) in [4.78, 5) is 0. The average molecular weight is 225 g/mol. The molecule has 2 N–H and O–H groups in total. The highest BCUT2D eigenvalue weighted by Gasteiger charge is 2.19. The monoisotopic (exact) mass is 225 g/mol. The van der Waals surface area contributed by atoms with Crippen LogP contribution in [0, 0.1) is 11.6 Å². The summed E-state index contributed by atoms with van der Waals surface area (Å²) >= 11 is 0. The van der Waals surface area contributed by atoms with E-state index in [0.717, 1.165) is 0 Å². The number of hydrogen-bond acceptors (Lipinski definition) is 2. The fourth-order valence-electron chi connectivity index (χ4n) is 1.90. The fourth-order valence-corrected chi connectivity index (χ4v) is 1.90. The smallest absolute Gasteiger partial charge is 0.140 e. The van der Waals surface area contributed by atoms with E-state index < -0.39 is 11.6 Å². The largest absolute Gasteiger partial charge is 0.464 e. The Balaban J connectivity index is 2.59. The molecule has 2 rings (SSSR count). The van der Waals surface area contributed by atoms with Gasteiger partial charge >= 0.3 is 0 Å². The van der Waals surface area contributed by atoms with E-state index in [0.29, 0.717) is 18.4 Å². The number of nitrogens with two attached hydrogens (primary N) is 1. The second-order valence-electron chi connectivity index (χ2n) is 3.90. The molecule has 0 spiro atoms. The van der Waals surface area contributed by atoms with E-state index >= 15 is 0 Å². The quantitative estimate of drug-likeness (QED) is 0.871. The van der Waals surface area contributed by atoms with Gasteiger partial charge in [0.2, 0.25) is 0 Å². The van der Waals surface area contributed by atoms with Gasteiger partial charge in [-0.05, 0) is 24.9 Å². The topological polar surface area (TPSA) is 39.2 Å². The first-order valence-corrected chi connectivity index (χ1v) is 5.20. The predicted molar refractivity (Wildman–Crippen MR) is 58.2 cm³/mol. The molecule has 0 aliphatic rings. The average Bonchev–Trinajstić information content (AvgIpc) is 2.66. The zero-order valence-corrected chi connectivity index (χ0v) is 8.97. The van der Waals surface area contributed by atoms with Gasteiger partial charge in [-0.15, -0.1) is 0 Å². The van der Waals surface area contributed by atoms with Gasteiger partial charge in [0.05, 0.1) is 11.6 Å². The van der Waals surface area contributed by atoms with Gasteiger partial charge in [0.1, 0.15) is 17.2 Å². The number of halogens is 2. The van der Waals surface area contributed by atoms with E-state index in [1.807, 2.05) is 0 Å². The van der Waals surface area contributed by atoms with Gasteiger partial charge in [-0.1, -0.05) is 6.92 Å². The van der Waals surface area contributed by atoms with Crippen molar-refractivity contribution in [2.45, 2.75) is 19.3 Å². The molecule has 0 amide bonds. The Kier molecular flexibility index (Phi) is 2.92. The Bertz CT molecular complexity index is 507. The van der Waals surface area contributed by atoms with Gasteiger partial charge in [0.15, 0.2) is 0 Å². The van der Waals surface area contributed by atoms with Crippen molar-refractivity contribution < 1.29 is 13.2 Å². The van der Waals surface area contributed by atoms with Crippen LogP contribution >= 0.6 is 0 Å². The molecule has 0 bridgehead atoms. The molecular weight excluding hydrogens is 212 g/mol. The molecule has 1 atom stereocenters. The maximum atomic E-state index is 14.0. The number of fused-ring (bicyclic) bond motifs is 1. The predicted octanol–water partition coefficient (Wildman–Crippen LogP) is 3.16. The summed E-state index contributed by atoms with van der Waals surface area (Å²) in [5.41, 5.74) is 5.73. The van der Waals surface area contributed by atoms with Crippen LogP contribution in [-0.4, -0.2) is 6.54 Å². The molecule has 0 fully saturated rings. The summed E-state index contributed by atoms with van der Waals surface area (Å²) in [6.07, 6.45) is 1.90. The van der Waals surface area contributed by atoms with Crippen LogP contribution < -0.4 is 5.73 Å². The van der Waals surface area contributed by atoms with Crippen LogP contribution in [0.2, 0.25) is 0 Å². The first kappa shape index (κ1) is 11.1. The van der Waals surface area contributed by atoms with E-state index in [-0.39, 0.29) is 17.1 Å². The molecule has 4 heteroatoms. The van der Waals surface area contributed by atoms with Crippen LogP contribution in [-0.2, 0) is 0 Å². The van der Waals surface area contributed by atoms with Crippen LogP contribution in [0.25, 0.3) is 11.0 Å². The number of hydrogen-bond donors (Lipinski definition) is 1. The molecule has 1 aromatic carbocycles. The standard InChI is InChI=1S/C12H13F2NO/c1-7(2-4-15)11-9(13)6-10-8(12(11)14)3-5-16-10/h3,5-7H,2,4,15H2,1H3.